The topological polar surface area (TPSA) is 99.5 Å². The molecule has 0 unspecified atom stereocenters. The number of rotatable bonds is 5. The predicted molar refractivity (Wildman–Crippen MR) is 122 cm³/mol. The molecule has 30 heavy (non-hydrogen) atoms. The van der Waals surface area contributed by atoms with Gasteiger partial charge in [0.1, 0.15) is 60.7 Å². The highest BCUT2D eigenvalue weighted by Crippen LogP contribution is 2.23. The molecule has 0 aliphatic rings. The first-order chi connectivity index (χ1) is 13.8. The Kier molecular flexibility index (Phi) is 6.92. The number of hydrogen-bond donors (Lipinski definition) is 3. The minimum Gasteiger partial charge on any atom is -0.506 e. The monoisotopic (exact) mass is 400 g/mol. The van der Waals surface area contributed by atoms with Crippen molar-refractivity contribution in [3.05, 3.63) is 16.3 Å². The van der Waals surface area contributed by atoms with E-state index < -0.39 is 34.1 Å². The van der Waals surface area contributed by atoms with Crippen molar-refractivity contribution >= 4 is 114 Å². The van der Waals surface area contributed by atoms with E-state index in [0.29, 0.717) is 0 Å². The molecule has 130 valence electrons. The van der Waals surface area contributed by atoms with Gasteiger partial charge in [-0.05, 0) is 22.2 Å². The van der Waals surface area contributed by atoms with Crippen LogP contribution < -0.4 is 32.8 Å². The Balaban J connectivity index is 2.76. The molecule has 0 atom stereocenters. The van der Waals surface area contributed by atoms with Crippen LogP contribution in [0.5, 0.6) is 5.75 Å². The molecule has 1 aromatic carbocycles. The first-order valence-corrected chi connectivity index (χ1v) is 8.40. The number of nitrogens with one attached hydrogen (secondary N) is 1. The van der Waals surface area contributed by atoms with E-state index >= 15 is 0 Å². The highest BCUT2D eigenvalue weighted by molar-refractivity contribution is 6.61. The van der Waals surface area contributed by atoms with E-state index in [1.54, 1.807) is 5.32 Å². The summed E-state index contributed by atoms with van der Waals surface area (Å²) in [7, 11) is 46.0. The Morgan fingerprint density at radius 1 is 1.00 bits per heavy atom. The lowest BCUT2D eigenvalue weighted by Gasteiger charge is -2.25. The maximum absolute atomic E-state index is 12.3. The van der Waals surface area contributed by atoms with Crippen LogP contribution >= 0.6 is 11.6 Å². The van der Waals surface area contributed by atoms with Crippen LogP contribution in [-0.4, -0.2) is 95.2 Å². The maximum atomic E-state index is 12.3. The summed E-state index contributed by atoms with van der Waals surface area (Å²) in [5.74, 6) is -3.86. The molecule has 6 nitrogen and oxygen atoms in total. The van der Waals surface area contributed by atoms with E-state index in [0.717, 1.165) is 0 Å². The van der Waals surface area contributed by atoms with E-state index in [-0.39, 0.29) is 50.0 Å². The molecule has 0 saturated carbocycles. The van der Waals surface area contributed by atoms with Crippen molar-refractivity contribution in [3.63, 3.8) is 0 Å². The van der Waals surface area contributed by atoms with Crippen LogP contribution in [0.3, 0.4) is 0 Å². The van der Waals surface area contributed by atoms with Crippen molar-refractivity contribution in [2.45, 2.75) is 11.7 Å². The summed E-state index contributed by atoms with van der Waals surface area (Å²) in [5.41, 5.74) is -1.47. The number of hydrogen-bond acceptors (Lipinski definition) is 4. The van der Waals surface area contributed by atoms with E-state index in [4.69, 9.17) is 79.5 Å². The third-order valence-corrected chi connectivity index (χ3v) is 4.65. The van der Waals surface area contributed by atoms with E-state index in [1.807, 2.05) is 0 Å². The molecule has 0 bridgehead atoms. The molecule has 0 aliphatic carbocycles. The van der Waals surface area contributed by atoms with Crippen molar-refractivity contribution in [2.24, 2.45) is 0 Å². The standard InChI is InChI=1S/C15H5B8ClN2O4/c16-1-2-3(6(18)9(24)8(20)5(2)17)4-7(19)11(27)10(25-12(4)21)13(28)26-15(22,23)14(29)30/h27H,1H2,(H,26,28)(H,29,30). The first-order valence-electron chi connectivity index (χ1n) is 8.02. The molecule has 1 heterocycles. The second-order valence-corrected chi connectivity index (χ2v) is 6.60. The zero-order chi connectivity index (χ0) is 23.1. The quantitative estimate of drug-likeness (QED) is 0.436. The first kappa shape index (κ1) is 24.2. The number of benzene rings is 1. The smallest absolute Gasteiger partial charge is 0.310 e. The highest BCUT2D eigenvalue weighted by atomic mass is 35.5. The molecular weight excluding hydrogens is 394 g/mol. The average Bonchev–Trinajstić information content (AvgIpc) is 2.66. The Morgan fingerprint density at radius 2 is 1.57 bits per heavy atom. The Labute approximate surface area is 188 Å². The molecule has 0 fully saturated rings. The lowest BCUT2D eigenvalue weighted by molar-refractivity contribution is -0.138. The van der Waals surface area contributed by atoms with Crippen molar-refractivity contribution in [2.75, 3.05) is 0 Å². The van der Waals surface area contributed by atoms with Gasteiger partial charge in [0, 0.05) is 5.02 Å². The molecule has 0 spiro atoms. The summed E-state index contributed by atoms with van der Waals surface area (Å²) in [4.78, 5) is 27.1. The molecule has 1 aromatic heterocycles. The second-order valence-electron chi connectivity index (χ2n) is 6.22. The van der Waals surface area contributed by atoms with Crippen LogP contribution in [0.25, 0.3) is 11.1 Å². The molecule has 2 rings (SSSR count). The van der Waals surface area contributed by atoms with Crippen LogP contribution in [0, 0.1) is 0 Å². The second kappa shape index (κ2) is 8.58. The van der Waals surface area contributed by atoms with E-state index in [2.05, 4.69) is 4.98 Å². The van der Waals surface area contributed by atoms with Gasteiger partial charge in [0.15, 0.2) is 5.69 Å². The SMILES string of the molecule is [B]Cc1c([B])c([B])c(Cl)c([B])c1-c1c([B])nc(C(=O)NC([B])([B])C(=O)O)c(O)c1[B]. The molecule has 0 aliphatic heterocycles. The Morgan fingerprint density at radius 3 is 2.07 bits per heavy atom. The number of pyridine rings is 1. The van der Waals surface area contributed by atoms with Crippen molar-refractivity contribution < 1.29 is 19.8 Å². The number of amides is 1. The van der Waals surface area contributed by atoms with Crippen molar-refractivity contribution in [1.82, 2.24) is 10.3 Å². The molecule has 1 amide bonds. The molecule has 3 N–H and O–H groups in total. The van der Waals surface area contributed by atoms with Gasteiger partial charge < -0.3 is 15.5 Å². The lowest BCUT2D eigenvalue weighted by atomic mass is 9.62. The number of nitrogens with zero attached hydrogens (tertiary/aromatic N) is 1. The Bertz CT molecular complexity index is 1080. The number of carboxylic acid groups (broad SMARTS) is 1. The van der Waals surface area contributed by atoms with Crippen LogP contribution in [0.15, 0.2) is 0 Å². The summed E-state index contributed by atoms with van der Waals surface area (Å²) in [6.45, 7) is 0. The number of carbonyl (C=O) groups excluding carboxylic acids is 1. The van der Waals surface area contributed by atoms with Crippen LogP contribution in [0.4, 0.5) is 0 Å². The fourth-order valence-corrected chi connectivity index (χ4v) is 2.86. The maximum Gasteiger partial charge on any atom is 0.310 e. The summed E-state index contributed by atoms with van der Waals surface area (Å²) in [6.07, 6.45) is -0.157. The van der Waals surface area contributed by atoms with Gasteiger partial charge in [0.2, 0.25) is 0 Å². The van der Waals surface area contributed by atoms with Gasteiger partial charge in [-0.2, -0.15) is 0 Å². The number of aromatic nitrogens is 1. The van der Waals surface area contributed by atoms with Gasteiger partial charge in [0.25, 0.3) is 5.91 Å². The molecule has 16 radical (unpaired) electrons. The van der Waals surface area contributed by atoms with Crippen LogP contribution in [0.1, 0.15) is 16.1 Å². The third-order valence-electron chi connectivity index (χ3n) is 4.24. The van der Waals surface area contributed by atoms with E-state index in [1.165, 1.54) is 0 Å². The Hall–Kier alpha value is -2.08. The fraction of sp³-hybridized carbons (Fsp3) is 0.133. The normalized spacial score (nSPS) is 11.2. The van der Waals surface area contributed by atoms with Crippen LogP contribution in [0.2, 0.25) is 5.02 Å². The van der Waals surface area contributed by atoms with E-state index in [9.17, 15) is 14.7 Å². The largest absolute Gasteiger partial charge is 0.506 e. The van der Waals surface area contributed by atoms with Crippen molar-refractivity contribution in [1.29, 1.82) is 0 Å². The predicted octanol–water partition coefficient (Wildman–Crippen LogP) is -5.45. The summed E-state index contributed by atoms with van der Waals surface area (Å²) in [6, 6.07) is 0. The minimum absolute atomic E-state index is 0.0143. The highest BCUT2D eigenvalue weighted by Gasteiger charge is 2.31. The molecule has 15 heteroatoms. The number of aliphatic carboxylic acids is 1. The zero-order valence-corrected chi connectivity index (χ0v) is 16.1. The zero-order valence-electron chi connectivity index (χ0n) is 15.4. The number of carbonyl (C=O) groups is 2. The van der Waals surface area contributed by atoms with Gasteiger partial charge in [-0.3, -0.25) is 14.6 Å². The van der Waals surface area contributed by atoms with Gasteiger partial charge in [-0.1, -0.05) is 39.9 Å². The molecule has 0 saturated heterocycles. The summed E-state index contributed by atoms with van der Waals surface area (Å²) < 4.78 is 0. The summed E-state index contributed by atoms with van der Waals surface area (Å²) >= 11 is 6.11. The summed E-state index contributed by atoms with van der Waals surface area (Å²) in [5, 5.41) is 18.4. The number of carboxylic acids is 1. The number of aromatic hydroxyl groups is 1. The third kappa shape index (κ3) is 4.07. The number of halogens is 1. The van der Waals surface area contributed by atoms with Gasteiger partial charge in [-0.15, -0.1) is 0 Å². The lowest BCUT2D eigenvalue weighted by Crippen LogP contribution is -2.56. The average molecular weight is 399 g/mol. The fourth-order valence-electron chi connectivity index (χ4n) is 2.67. The minimum atomic E-state index is -2.65. The molecular formula is C15H5B8ClN2O4. The molecule has 2 aromatic rings. The van der Waals surface area contributed by atoms with Gasteiger partial charge in [-0.25, -0.2) is 0 Å². The van der Waals surface area contributed by atoms with Crippen LogP contribution in [-0.2, 0) is 11.1 Å². The van der Waals surface area contributed by atoms with Gasteiger partial charge in [0.05, 0.1) is 13.2 Å². The van der Waals surface area contributed by atoms with Crippen molar-refractivity contribution in [3.8, 4) is 16.9 Å². The van der Waals surface area contributed by atoms with Gasteiger partial charge >= 0.3 is 5.97 Å².